The molecule has 182 valence electrons. The second-order valence-corrected chi connectivity index (χ2v) is 8.61. The molecule has 0 spiro atoms. The van der Waals surface area contributed by atoms with E-state index in [-0.39, 0.29) is 11.8 Å². The molecular formula is C27H30FN5O2. The number of carbonyl (C=O) groups excluding carboxylic acids is 2. The van der Waals surface area contributed by atoms with Crippen LogP contribution in [-0.2, 0) is 15.1 Å². The quantitative estimate of drug-likeness (QED) is 0.562. The standard InChI is InChI=1S/C27H30FN5O2/c1-3-27(26(29)35,21-7-5-4-6-8-21)32-17-15-31(16-18-32)25-10-9-23(19-24(25)28)33(20(2)34)22-11-13-30-14-12-22/h4-14,19H,3,15-18H2,1-2H3,(H2,29,35). The van der Waals surface area contributed by atoms with Gasteiger partial charge in [-0.3, -0.25) is 24.4 Å². The van der Waals surface area contributed by atoms with Gasteiger partial charge in [-0.15, -0.1) is 0 Å². The van der Waals surface area contributed by atoms with Crippen LogP contribution in [0.3, 0.4) is 0 Å². The number of nitrogens with two attached hydrogens (primary N) is 1. The summed E-state index contributed by atoms with van der Waals surface area (Å²) in [4.78, 5) is 34.5. The number of hydrogen-bond acceptors (Lipinski definition) is 5. The Kier molecular flexibility index (Phi) is 7.12. The summed E-state index contributed by atoms with van der Waals surface area (Å²) in [5.41, 5.74) is 7.45. The highest BCUT2D eigenvalue weighted by molar-refractivity contribution is 5.99. The molecule has 1 atom stereocenters. The molecule has 4 rings (SSSR count). The predicted octanol–water partition coefficient (Wildman–Crippen LogP) is 3.82. The van der Waals surface area contributed by atoms with Gasteiger partial charge in [0.05, 0.1) is 17.1 Å². The number of amides is 2. The summed E-state index contributed by atoms with van der Waals surface area (Å²) >= 11 is 0. The Hall–Kier alpha value is -3.78. The molecule has 3 aromatic rings. The Morgan fingerprint density at radius 2 is 1.66 bits per heavy atom. The molecule has 2 amide bonds. The molecule has 2 aromatic carbocycles. The number of benzene rings is 2. The smallest absolute Gasteiger partial charge is 0.242 e. The molecule has 1 aliphatic rings. The van der Waals surface area contributed by atoms with Gasteiger partial charge in [0.2, 0.25) is 11.8 Å². The van der Waals surface area contributed by atoms with Crippen molar-refractivity contribution in [2.45, 2.75) is 25.8 Å². The molecule has 2 heterocycles. The number of anilines is 3. The molecule has 8 heteroatoms. The molecule has 0 bridgehead atoms. The molecule has 1 aromatic heterocycles. The van der Waals surface area contributed by atoms with Crippen molar-refractivity contribution in [2.24, 2.45) is 5.73 Å². The van der Waals surface area contributed by atoms with Crippen LogP contribution in [0.4, 0.5) is 21.5 Å². The molecule has 1 fully saturated rings. The van der Waals surface area contributed by atoms with Crippen molar-refractivity contribution in [1.29, 1.82) is 0 Å². The average molecular weight is 476 g/mol. The van der Waals surface area contributed by atoms with E-state index in [1.807, 2.05) is 42.2 Å². The number of rotatable bonds is 7. The molecule has 0 aliphatic carbocycles. The minimum absolute atomic E-state index is 0.222. The third-order valence-corrected chi connectivity index (χ3v) is 6.76. The Bertz CT molecular complexity index is 1180. The minimum atomic E-state index is -0.901. The van der Waals surface area contributed by atoms with Crippen molar-refractivity contribution in [3.8, 4) is 0 Å². The molecular weight excluding hydrogens is 445 g/mol. The van der Waals surface area contributed by atoms with Gasteiger partial charge in [0.15, 0.2) is 0 Å². The summed E-state index contributed by atoms with van der Waals surface area (Å²) in [6.07, 6.45) is 3.73. The Labute approximate surface area is 205 Å². The summed E-state index contributed by atoms with van der Waals surface area (Å²) in [5, 5.41) is 0. The largest absolute Gasteiger partial charge is 0.368 e. The number of aromatic nitrogens is 1. The van der Waals surface area contributed by atoms with Gasteiger partial charge in [0.25, 0.3) is 0 Å². The average Bonchev–Trinajstić information content (AvgIpc) is 2.86. The third kappa shape index (κ3) is 4.61. The van der Waals surface area contributed by atoms with Crippen LogP contribution in [0.1, 0.15) is 25.8 Å². The van der Waals surface area contributed by atoms with E-state index in [4.69, 9.17) is 5.73 Å². The lowest BCUT2D eigenvalue weighted by atomic mass is 9.84. The Morgan fingerprint density at radius 3 is 2.20 bits per heavy atom. The number of nitrogens with zero attached hydrogens (tertiary/aromatic N) is 4. The van der Waals surface area contributed by atoms with Gasteiger partial charge in [-0.05, 0) is 36.2 Å². The van der Waals surface area contributed by atoms with Gasteiger partial charge < -0.3 is 10.6 Å². The highest BCUT2D eigenvalue weighted by atomic mass is 19.1. The maximum absolute atomic E-state index is 15.3. The van der Waals surface area contributed by atoms with Crippen molar-refractivity contribution in [2.75, 3.05) is 36.0 Å². The third-order valence-electron chi connectivity index (χ3n) is 6.76. The highest BCUT2D eigenvalue weighted by Crippen LogP contribution is 2.35. The summed E-state index contributed by atoms with van der Waals surface area (Å²) in [7, 11) is 0. The summed E-state index contributed by atoms with van der Waals surface area (Å²) in [6.45, 7) is 5.60. The van der Waals surface area contributed by atoms with Crippen LogP contribution in [-0.4, -0.2) is 47.9 Å². The van der Waals surface area contributed by atoms with Gasteiger partial charge >= 0.3 is 0 Å². The molecule has 7 nitrogen and oxygen atoms in total. The topological polar surface area (TPSA) is 82.8 Å². The zero-order valence-electron chi connectivity index (χ0n) is 20.0. The van der Waals surface area contributed by atoms with Gasteiger partial charge in [0, 0.05) is 51.6 Å². The van der Waals surface area contributed by atoms with Gasteiger partial charge in [-0.1, -0.05) is 37.3 Å². The first-order chi connectivity index (χ1) is 16.9. The van der Waals surface area contributed by atoms with E-state index in [0.717, 1.165) is 5.56 Å². The minimum Gasteiger partial charge on any atom is -0.368 e. The highest BCUT2D eigenvalue weighted by Gasteiger charge is 2.43. The Morgan fingerprint density at radius 1 is 1.00 bits per heavy atom. The maximum Gasteiger partial charge on any atom is 0.242 e. The predicted molar refractivity (Wildman–Crippen MR) is 135 cm³/mol. The first-order valence-electron chi connectivity index (χ1n) is 11.7. The van der Waals surface area contributed by atoms with E-state index in [0.29, 0.717) is 49.7 Å². The fourth-order valence-electron chi connectivity index (χ4n) is 5.02. The normalized spacial score (nSPS) is 15.9. The van der Waals surface area contributed by atoms with Crippen molar-refractivity contribution < 1.29 is 14.0 Å². The fraction of sp³-hybridized carbons (Fsp3) is 0.296. The fourth-order valence-corrected chi connectivity index (χ4v) is 5.02. The molecule has 35 heavy (non-hydrogen) atoms. The van der Waals surface area contributed by atoms with Gasteiger partial charge in [-0.25, -0.2) is 4.39 Å². The number of pyridine rings is 1. The van der Waals surface area contributed by atoms with Crippen molar-refractivity contribution >= 4 is 28.9 Å². The molecule has 0 radical (unpaired) electrons. The van der Waals surface area contributed by atoms with Crippen LogP contribution in [0.25, 0.3) is 0 Å². The lowest BCUT2D eigenvalue weighted by Gasteiger charge is -2.46. The van der Waals surface area contributed by atoms with Gasteiger partial charge in [0.1, 0.15) is 11.4 Å². The van der Waals surface area contributed by atoms with Crippen LogP contribution in [0, 0.1) is 5.82 Å². The first kappa shape index (κ1) is 24.3. The van der Waals surface area contributed by atoms with Crippen LogP contribution in [0.15, 0.2) is 73.1 Å². The number of carbonyl (C=O) groups is 2. The van der Waals surface area contributed by atoms with E-state index >= 15 is 4.39 Å². The van der Waals surface area contributed by atoms with Crippen molar-refractivity contribution in [1.82, 2.24) is 9.88 Å². The maximum atomic E-state index is 15.3. The number of piperazine rings is 1. The zero-order valence-corrected chi connectivity index (χ0v) is 20.0. The molecule has 0 saturated carbocycles. The second-order valence-electron chi connectivity index (χ2n) is 8.61. The summed E-state index contributed by atoms with van der Waals surface area (Å²) in [6, 6.07) is 17.8. The second kappa shape index (κ2) is 10.2. The molecule has 1 aliphatic heterocycles. The van der Waals surface area contributed by atoms with E-state index < -0.39 is 11.4 Å². The van der Waals surface area contributed by atoms with Crippen LogP contribution in [0.2, 0.25) is 0 Å². The lowest BCUT2D eigenvalue weighted by Crippen LogP contribution is -2.60. The number of primary amides is 1. The molecule has 1 saturated heterocycles. The van der Waals surface area contributed by atoms with E-state index in [1.165, 1.54) is 17.9 Å². The lowest BCUT2D eigenvalue weighted by molar-refractivity contribution is -0.131. The molecule has 1 unspecified atom stereocenters. The summed E-state index contributed by atoms with van der Waals surface area (Å²) < 4.78 is 15.3. The van der Waals surface area contributed by atoms with E-state index in [9.17, 15) is 9.59 Å². The van der Waals surface area contributed by atoms with E-state index in [1.54, 1.807) is 36.7 Å². The van der Waals surface area contributed by atoms with Crippen LogP contribution < -0.4 is 15.5 Å². The van der Waals surface area contributed by atoms with Crippen molar-refractivity contribution in [3.63, 3.8) is 0 Å². The summed E-state index contributed by atoms with van der Waals surface area (Å²) in [5.74, 6) is -1.01. The van der Waals surface area contributed by atoms with Crippen LogP contribution >= 0.6 is 0 Å². The number of halogens is 1. The molecule has 2 N–H and O–H groups in total. The van der Waals surface area contributed by atoms with Gasteiger partial charge in [-0.2, -0.15) is 0 Å². The van der Waals surface area contributed by atoms with Crippen molar-refractivity contribution in [3.05, 3.63) is 84.4 Å². The zero-order chi connectivity index (χ0) is 25.0. The monoisotopic (exact) mass is 475 g/mol. The van der Waals surface area contributed by atoms with Crippen LogP contribution in [0.5, 0.6) is 0 Å². The first-order valence-corrected chi connectivity index (χ1v) is 11.7. The SMILES string of the molecule is CCC(C(N)=O)(c1ccccc1)N1CCN(c2ccc(N(C(C)=O)c3ccncc3)cc2F)CC1. The number of hydrogen-bond donors (Lipinski definition) is 1. The van der Waals surface area contributed by atoms with E-state index in [2.05, 4.69) is 9.88 Å². The Balaban J connectivity index is 1.55.